The van der Waals surface area contributed by atoms with E-state index in [2.05, 4.69) is 20.3 Å². The molecule has 0 saturated heterocycles. The summed E-state index contributed by atoms with van der Waals surface area (Å²) in [6, 6.07) is 11.9. The summed E-state index contributed by atoms with van der Waals surface area (Å²) >= 11 is 0. The number of aromatic nitrogens is 3. The molecular formula is C16H12N4O2. The zero-order valence-corrected chi connectivity index (χ0v) is 11.5. The fourth-order valence-corrected chi connectivity index (χ4v) is 1.94. The van der Waals surface area contributed by atoms with Crippen LogP contribution >= 0.6 is 0 Å². The lowest BCUT2D eigenvalue weighted by molar-refractivity contribution is 0.0697. The fourth-order valence-electron chi connectivity index (χ4n) is 1.94. The van der Waals surface area contributed by atoms with Gasteiger partial charge in [0.2, 0.25) is 0 Å². The van der Waals surface area contributed by atoms with Gasteiger partial charge in [0.25, 0.3) is 0 Å². The van der Waals surface area contributed by atoms with Crippen molar-refractivity contribution in [3.8, 4) is 11.4 Å². The van der Waals surface area contributed by atoms with Crippen LogP contribution in [0.4, 0.5) is 11.5 Å². The van der Waals surface area contributed by atoms with E-state index < -0.39 is 5.97 Å². The standard InChI is InChI=1S/C16H12N4O2/c21-16(22)11-3-1-5-13(9-11)19-14-6-8-18-15(20-14)12-4-2-7-17-10-12/h1-10H,(H,21,22)(H,18,19,20). The van der Waals surface area contributed by atoms with Crippen LogP contribution in [0, 0.1) is 0 Å². The van der Waals surface area contributed by atoms with Gasteiger partial charge in [-0.05, 0) is 36.4 Å². The largest absolute Gasteiger partial charge is 0.478 e. The van der Waals surface area contributed by atoms with E-state index in [0.717, 1.165) is 5.56 Å². The van der Waals surface area contributed by atoms with Crippen LogP contribution in [0.15, 0.2) is 61.1 Å². The first kappa shape index (κ1) is 13.7. The second-order valence-electron chi connectivity index (χ2n) is 4.52. The number of rotatable bonds is 4. The van der Waals surface area contributed by atoms with Crippen molar-refractivity contribution in [2.75, 3.05) is 5.32 Å². The smallest absolute Gasteiger partial charge is 0.335 e. The van der Waals surface area contributed by atoms with Crippen LogP contribution in [0.5, 0.6) is 0 Å². The van der Waals surface area contributed by atoms with E-state index in [9.17, 15) is 4.79 Å². The number of carboxylic acid groups (broad SMARTS) is 1. The zero-order chi connectivity index (χ0) is 15.4. The summed E-state index contributed by atoms with van der Waals surface area (Å²) in [6.07, 6.45) is 5.01. The summed E-state index contributed by atoms with van der Waals surface area (Å²) in [5.74, 6) is 0.159. The van der Waals surface area contributed by atoms with Gasteiger partial charge in [0.15, 0.2) is 5.82 Å². The molecule has 0 radical (unpaired) electrons. The first-order valence-corrected chi connectivity index (χ1v) is 6.56. The van der Waals surface area contributed by atoms with E-state index in [0.29, 0.717) is 17.3 Å². The number of nitrogens with zero attached hydrogens (tertiary/aromatic N) is 3. The van der Waals surface area contributed by atoms with Gasteiger partial charge in [0.1, 0.15) is 5.82 Å². The highest BCUT2D eigenvalue weighted by atomic mass is 16.4. The minimum absolute atomic E-state index is 0.214. The molecule has 0 saturated carbocycles. The lowest BCUT2D eigenvalue weighted by atomic mass is 10.2. The van der Waals surface area contributed by atoms with E-state index in [1.54, 1.807) is 42.9 Å². The van der Waals surface area contributed by atoms with E-state index in [1.165, 1.54) is 6.07 Å². The molecular weight excluding hydrogens is 280 g/mol. The van der Waals surface area contributed by atoms with Crippen LogP contribution in [-0.4, -0.2) is 26.0 Å². The molecule has 0 amide bonds. The van der Waals surface area contributed by atoms with Gasteiger partial charge in [-0.2, -0.15) is 0 Å². The van der Waals surface area contributed by atoms with Crippen LogP contribution < -0.4 is 5.32 Å². The third-order valence-electron chi connectivity index (χ3n) is 2.96. The number of benzene rings is 1. The van der Waals surface area contributed by atoms with Gasteiger partial charge in [-0.15, -0.1) is 0 Å². The van der Waals surface area contributed by atoms with Crippen molar-refractivity contribution in [1.82, 2.24) is 15.0 Å². The van der Waals surface area contributed by atoms with Crippen molar-refractivity contribution in [3.05, 3.63) is 66.6 Å². The summed E-state index contributed by atoms with van der Waals surface area (Å²) in [7, 11) is 0. The zero-order valence-electron chi connectivity index (χ0n) is 11.5. The van der Waals surface area contributed by atoms with Crippen molar-refractivity contribution >= 4 is 17.5 Å². The Bertz CT molecular complexity index is 806. The number of anilines is 2. The van der Waals surface area contributed by atoms with Crippen molar-refractivity contribution in [2.24, 2.45) is 0 Å². The molecule has 22 heavy (non-hydrogen) atoms. The Balaban J connectivity index is 1.87. The van der Waals surface area contributed by atoms with Gasteiger partial charge < -0.3 is 10.4 Å². The van der Waals surface area contributed by atoms with E-state index in [-0.39, 0.29) is 5.56 Å². The highest BCUT2D eigenvalue weighted by Crippen LogP contribution is 2.19. The predicted molar refractivity (Wildman–Crippen MR) is 81.9 cm³/mol. The molecule has 0 atom stereocenters. The summed E-state index contributed by atoms with van der Waals surface area (Å²) in [6.45, 7) is 0. The number of aromatic carboxylic acids is 1. The minimum Gasteiger partial charge on any atom is -0.478 e. The summed E-state index contributed by atoms with van der Waals surface area (Å²) in [5.41, 5.74) is 1.67. The predicted octanol–water partition coefficient (Wildman–Crippen LogP) is 2.98. The normalized spacial score (nSPS) is 10.2. The Hall–Kier alpha value is -3.28. The number of hydrogen-bond donors (Lipinski definition) is 2. The fraction of sp³-hybridized carbons (Fsp3) is 0. The highest BCUT2D eigenvalue weighted by Gasteiger charge is 2.05. The van der Waals surface area contributed by atoms with Crippen molar-refractivity contribution in [2.45, 2.75) is 0 Å². The molecule has 108 valence electrons. The van der Waals surface area contributed by atoms with Crippen LogP contribution in [0.25, 0.3) is 11.4 Å². The molecule has 0 aliphatic rings. The van der Waals surface area contributed by atoms with Gasteiger partial charge in [-0.3, -0.25) is 4.98 Å². The highest BCUT2D eigenvalue weighted by molar-refractivity contribution is 5.89. The van der Waals surface area contributed by atoms with Crippen molar-refractivity contribution in [3.63, 3.8) is 0 Å². The quantitative estimate of drug-likeness (QED) is 0.768. The molecule has 6 heteroatoms. The van der Waals surface area contributed by atoms with E-state index in [1.807, 2.05) is 12.1 Å². The van der Waals surface area contributed by atoms with Gasteiger partial charge in [0, 0.05) is 29.8 Å². The number of nitrogens with one attached hydrogen (secondary N) is 1. The molecule has 0 spiro atoms. The molecule has 3 rings (SSSR count). The maximum atomic E-state index is 11.0. The maximum Gasteiger partial charge on any atom is 0.335 e. The molecule has 0 bridgehead atoms. The number of pyridine rings is 1. The van der Waals surface area contributed by atoms with Crippen LogP contribution in [0.2, 0.25) is 0 Å². The number of carboxylic acids is 1. The summed E-state index contributed by atoms with van der Waals surface area (Å²) in [5, 5.41) is 12.1. The maximum absolute atomic E-state index is 11.0. The molecule has 0 aliphatic heterocycles. The Morgan fingerprint density at radius 1 is 1.09 bits per heavy atom. The van der Waals surface area contributed by atoms with Crippen LogP contribution in [0.3, 0.4) is 0 Å². The topological polar surface area (TPSA) is 88.0 Å². The van der Waals surface area contributed by atoms with Crippen molar-refractivity contribution in [1.29, 1.82) is 0 Å². The Labute approximate surface area is 126 Å². The van der Waals surface area contributed by atoms with Crippen LogP contribution in [-0.2, 0) is 0 Å². The Kier molecular flexibility index (Phi) is 3.74. The molecule has 2 heterocycles. The SMILES string of the molecule is O=C(O)c1cccc(Nc2ccnc(-c3cccnc3)n2)c1. The summed E-state index contributed by atoms with van der Waals surface area (Å²) < 4.78 is 0. The molecule has 0 unspecified atom stereocenters. The molecule has 6 nitrogen and oxygen atoms in total. The van der Waals surface area contributed by atoms with Gasteiger partial charge in [0.05, 0.1) is 5.56 Å². The molecule has 1 aromatic carbocycles. The molecule has 3 aromatic rings. The summed E-state index contributed by atoms with van der Waals surface area (Å²) in [4.78, 5) is 23.6. The third kappa shape index (κ3) is 3.06. The molecule has 0 fully saturated rings. The first-order valence-electron chi connectivity index (χ1n) is 6.56. The Morgan fingerprint density at radius 3 is 2.77 bits per heavy atom. The van der Waals surface area contributed by atoms with Gasteiger partial charge in [-0.1, -0.05) is 6.07 Å². The van der Waals surface area contributed by atoms with Gasteiger partial charge in [-0.25, -0.2) is 14.8 Å². The van der Waals surface area contributed by atoms with E-state index >= 15 is 0 Å². The van der Waals surface area contributed by atoms with Crippen molar-refractivity contribution < 1.29 is 9.90 Å². The second kappa shape index (κ2) is 6.01. The van der Waals surface area contributed by atoms with E-state index in [4.69, 9.17) is 5.11 Å². The Morgan fingerprint density at radius 2 is 2.00 bits per heavy atom. The molecule has 2 N–H and O–H groups in total. The second-order valence-corrected chi connectivity index (χ2v) is 4.52. The monoisotopic (exact) mass is 292 g/mol. The third-order valence-corrected chi connectivity index (χ3v) is 2.96. The van der Waals surface area contributed by atoms with Crippen LogP contribution in [0.1, 0.15) is 10.4 Å². The first-order chi connectivity index (χ1) is 10.7. The molecule has 2 aromatic heterocycles. The van der Waals surface area contributed by atoms with Gasteiger partial charge >= 0.3 is 5.97 Å². The average molecular weight is 292 g/mol. The lowest BCUT2D eigenvalue weighted by Gasteiger charge is -2.07. The average Bonchev–Trinajstić information content (AvgIpc) is 2.56. The number of hydrogen-bond acceptors (Lipinski definition) is 5. The number of carbonyl (C=O) groups is 1. The minimum atomic E-state index is -0.970. The lowest BCUT2D eigenvalue weighted by Crippen LogP contribution is -2.00. The molecule has 0 aliphatic carbocycles.